The lowest BCUT2D eigenvalue weighted by Crippen LogP contribution is -2.54. The van der Waals surface area contributed by atoms with E-state index in [-0.39, 0.29) is 38.4 Å². The molecule has 1 heterocycles. The number of likely N-dealkylation sites (tertiary alicyclic amines) is 1. The number of methoxy groups -OCH3 is 1. The van der Waals surface area contributed by atoms with Crippen molar-refractivity contribution < 1.29 is 38.2 Å². The first-order valence-corrected chi connectivity index (χ1v) is 16.7. The number of amidine groups is 1. The van der Waals surface area contributed by atoms with Crippen molar-refractivity contribution >= 4 is 35.8 Å². The van der Waals surface area contributed by atoms with Crippen LogP contribution in [0.2, 0.25) is 0 Å². The van der Waals surface area contributed by atoms with Crippen molar-refractivity contribution in [2.45, 2.75) is 70.9 Å². The zero-order valence-corrected chi connectivity index (χ0v) is 29.3. The molecule has 0 spiro atoms. The van der Waals surface area contributed by atoms with Gasteiger partial charge in [-0.05, 0) is 56.7 Å². The van der Waals surface area contributed by atoms with Gasteiger partial charge in [0.15, 0.2) is 0 Å². The molecule has 3 atom stereocenters. The predicted octanol–water partition coefficient (Wildman–Crippen LogP) is 4.47. The molecule has 13 heteroatoms. The number of rotatable bonds is 12. The van der Waals surface area contributed by atoms with Crippen molar-refractivity contribution in [3.8, 4) is 0 Å². The van der Waals surface area contributed by atoms with Crippen LogP contribution in [-0.2, 0) is 48.2 Å². The Balaban J connectivity index is 1.40. The van der Waals surface area contributed by atoms with E-state index in [1.807, 2.05) is 60.7 Å². The molecule has 51 heavy (non-hydrogen) atoms. The quantitative estimate of drug-likeness (QED) is 0.0927. The van der Waals surface area contributed by atoms with Crippen LogP contribution in [0.1, 0.15) is 55.9 Å². The lowest BCUT2D eigenvalue weighted by Gasteiger charge is -2.29. The Labute approximate surface area is 297 Å². The molecular weight excluding hydrogens is 654 g/mol. The molecule has 0 saturated carbocycles. The Hall–Kier alpha value is -5.72. The van der Waals surface area contributed by atoms with Crippen molar-refractivity contribution in [3.63, 3.8) is 0 Å². The number of nitrogens with zero attached hydrogens (tertiary/aromatic N) is 1. The topological polar surface area (TPSA) is 176 Å². The second kappa shape index (κ2) is 17.8. The molecule has 270 valence electrons. The highest BCUT2D eigenvalue weighted by molar-refractivity contribution is 6.04. The molecule has 3 aromatic rings. The summed E-state index contributed by atoms with van der Waals surface area (Å²) in [5.41, 5.74) is 2.10. The maximum absolute atomic E-state index is 14.1. The lowest BCUT2D eigenvalue weighted by molar-refractivity contribution is -0.145. The third-order valence-corrected chi connectivity index (χ3v) is 8.12. The maximum atomic E-state index is 14.1. The summed E-state index contributed by atoms with van der Waals surface area (Å²) in [5.74, 6) is -2.42. The van der Waals surface area contributed by atoms with Crippen LogP contribution < -0.4 is 16.0 Å². The van der Waals surface area contributed by atoms with Gasteiger partial charge in [0, 0.05) is 18.7 Å². The number of hydrogen-bond donors (Lipinski definition) is 4. The number of carbonyl (C=O) groups is 5. The van der Waals surface area contributed by atoms with Gasteiger partial charge in [-0.15, -0.1) is 0 Å². The Morgan fingerprint density at radius 1 is 0.863 bits per heavy atom. The second-order valence-corrected chi connectivity index (χ2v) is 13.2. The number of carbonyl (C=O) groups excluding carboxylic acids is 5. The molecule has 3 aromatic carbocycles. The summed E-state index contributed by atoms with van der Waals surface area (Å²) in [4.78, 5) is 66.5. The van der Waals surface area contributed by atoms with Crippen LogP contribution >= 0.6 is 0 Å². The van der Waals surface area contributed by atoms with Gasteiger partial charge in [-0.2, -0.15) is 0 Å². The van der Waals surface area contributed by atoms with Gasteiger partial charge in [0.25, 0.3) is 0 Å². The average Bonchev–Trinajstić information content (AvgIpc) is 3.57. The van der Waals surface area contributed by atoms with Crippen molar-refractivity contribution in [2.24, 2.45) is 5.92 Å². The molecule has 4 amide bonds. The SMILES string of the molecule is COC(=O)[C@@H]1C[C@@H](C(=O)NCc2ccc(C(=N)NC(=O)OCc3ccccc3)cc2)N(C(=O)[C@@H](CCc2ccccc2)NC(=O)OC(C)(C)C)C1. The molecule has 0 unspecified atom stereocenters. The fraction of sp³-hybridized carbons (Fsp3) is 0.368. The van der Waals surface area contributed by atoms with Gasteiger partial charge in [-0.25, -0.2) is 9.59 Å². The number of nitrogens with one attached hydrogen (secondary N) is 4. The number of aryl methyl sites for hydroxylation is 1. The molecule has 0 aromatic heterocycles. The third kappa shape index (κ3) is 11.7. The van der Waals surface area contributed by atoms with E-state index in [0.29, 0.717) is 17.5 Å². The van der Waals surface area contributed by atoms with Crippen LogP contribution in [0, 0.1) is 11.3 Å². The summed E-state index contributed by atoms with van der Waals surface area (Å²) >= 11 is 0. The minimum atomic E-state index is -1.03. The van der Waals surface area contributed by atoms with E-state index >= 15 is 0 Å². The summed E-state index contributed by atoms with van der Waals surface area (Å²) in [6, 6.07) is 23.3. The monoisotopic (exact) mass is 699 g/mol. The van der Waals surface area contributed by atoms with Crippen molar-refractivity contribution in [2.75, 3.05) is 13.7 Å². The van der Waals surface area contributed by atoms with Crippen LogP contribution in [0.3, 0.4) is 0 Å². The first kappa shape index (κ1) is 38.1. The average molecular weight is 700 g/mol. The molecule has 13 nitrogen and oxygen atoms in total. The van der Waals surface area contributed by atoms with Gasteiger partial charge in [0.2, 0.25) is 11.8 Å². The molecule has 1 aliphatic heterocycles. The predicted molar refractivity (Wildman–Crippen MR) is 188 cm³/mol. The van der Waals surface area contributed by atoms with Gasteiger partial charge < -0.3 is 29.7 Å². The van der Waals surface area contributed by atoms with E-state index in [2.05, 4.69) is 16.0 Å². The molecule has 4 rings (SSSR count). The van der Waals surface area contributed by atoms with Gasteiger partial charge in [-0.1, -0.05) is 84.9 Å². The molecule has 0 aliphatic carbocycles. The van der Waals surface area contributed by atoms with E-state index in [1.54, 1.807) is 45.0 Å². The Morgan fingerprint density at radius 2 is 1.49 bits per heavy atom. The fourth-order valence-electron chi connectivity index (χ4n) is 5.56. The van der Waals surface area contributed by atoms with Crippen LogP contribution in [0.4, 0.5) is 9.59 Å². The fourth-order valence-corrected chi connectivity index (χ4v) is 5.56. The highest BCUT2D eigenvalue weighted by atomic mass is 16.6. The largest absolute Gasteiger partial charge is 0.469 e. The van der Waals surface area contributed by atoms with Crippen LogP contribution in [-0.4, -0.2) is 72.0 Å². The Morgan fingerprint density at radius 3 is 2.10 bits per heavy atom. The van der Waals surface area contributed by atoms with Crippen molar-refractivity contribution in [3.05, 3.63) is 107 Å². The zero-order chi connectivity index (χ0) is 37.0. The van der Waals surface area contributed by atoms with Crippen LogP contribution in [0.25, 0.3) is 0 Å². The van der Waals surface area contributed by atoms with E-state index in [1.165, 1.54) is 12.0 Å². The van der Waals surface area contributed by atoms with E-state index in [9.17, 15) is 24.0 Å². The van der Waals surface area contributed by atoms with Crippen LogP contribution in [0.15, 0.2) is 84.9 Å². The molecule has 1 saturated heterocycles. The number of ether oxygens (including phenoxy) is 3. The van der Waals surface area contributed by atoms with Crippen molar-refractivity contribution in [1.82, 2.24) is 20.9 Å². The molecular formula is C38H45N5O8. The van der Waals surface area contributed by atoms with Gasteiger partial charge in [0.05, 0.1) is 13.0 Å². The number of hydrogen-bond acceptors (Lipinski definition) is 9. The molecule has 0 radical (unpaired) electrons. The molecule has 4 N–H and O–H groups in total. The van der Waals surface area contributed by atoms with Gasteiger partial charge in [-0.3, -0.25) is 25.1 Å². The van der Waals surface area contributed by atoms with Crippen molar-refractivity contribution in [1.29, 1.82) is 5.41 Å². The number of amides is 4. The van der Waals surface area contributed by atoms with Gasteiger partial charge in [0.1, 0.15) is 30.1 Å². The first-order valence-electron chi connectivity index (χ1n) is 16.7. The summed E-state index contributed by atoms with van der Waals surface area (Å²) in [6.07, 6.45) is -0.782. The Kier molecular flexibility index (Phi) is 13.3. The zero-order valence-electron chi connectivity index (χ0n) is 29.3. The lowest BCUT2D eigenvalue weighted by atomic mass is 10.0. The van der Waals surface area contributed by atoms with Crippen LogP contribution in [0.5, 0.6) is 0 Å². The molecule has 1 fully saturated rings. The summed E-state index contributed by atoms with van der Waals surface area (Å²) in [6.45, 7) is 5.25. The maximum Gasteiger partial charge on any atom is 0.413 e. The summed E-state index contributed by atoms with van der Waals surface area (Å²) in [5, 5.41) is 16.2. The number of benzene rings is 3. The second-order valence-electron chi connectivity index (χ2n) is 13.2. The van der Waals surface area contributed by atoms with Gasteiger partial charge >= 0.3 is 18.2 Å². The minimum Gasteiger partial charge on any atom is -0.469 e. The molecule has 0 bridgehead atoms. The summed E-state index contributed by atoms with van der Waals surface area (Å²) < 4.78 is 15.5. The minimum absolute atomic E-state index is 0.0459. The van der Waals surface area contributed by atoms with E-state index in [0.717, 1.165) is 11.1 Å². The van der Waals surface area contributed by atoms with E-state index in [4.69, 9.17) is 19.6 Å². The van der Waals surface area contributed by atoms with E-state index < -0.39 is 53.6 Å². The Bertz CT molecular complexity index is 1680. The third-order valence-electron chi connectivity index (χ3n) is 8.12. The molecule has 1 aliphatic rings. The standard InChI is InChI=1S/C38H45N5O8/c1-38(2,3)51-37(48)41-30(20-17-25-11-7-5-8-12-25)34(45)43-23-29(35(46)49-4)21-31(43)33(44)40-22-26-15-18-28(19-16-26)32(39)42-36(47)50-24-27-13-9-6-10-14-27/h5-16,18-19,29-31H,17,20-24H2,1-4H3,(H,40,44)(H,41,48)(H2,39,42,47)/t29-,30-,31+/m1/s1. The highest BCUT2D eigenvalue weighted by Gasteiger charge is 2.45. The number of alkyl carbamates (subject to hydrolysis) is 2. The normalized spacial score (nSPS) is 16.0. The highest BCUT2D eigenvalue weighted by Crippen LogP contribution is 2.26. The first-order chi connectivity index (χ1) is 24.3. The number of esters is 1. The smallest absolute Gasteiger partial charge is 0.413 e. The summed E-state index contributed by atoms with van der Waals surface area (Å²) in [7, 11) is 1.25.